The van der Waals surface area contributed by atoms with Gasteiger partial charge in [0.2, 0.25) is 0 Å². The monoisotopic (exact) mass is 535 g/mol. The Balaban J connectivity index is 1.59. The van der Waals surface area contributed by atoms with Gasteiger partial charge in [-0.25, -0.2) is 9.79 Å². The second-order valence-corrected chi connectivity index (χ2v) is 10.3. The molecule has 11 heteroatoms. The summed E-state index contributed by atoms with van der Waals surface area (Å²) in [5.74, 6) is 0.487. The van der Waals surface area contributed by atoms with E-state index in [0.29, 0.717) is 37.7 Å². The van der Waals surface area contributed by atoms with Gasteiger partial charge in [-0.2, -0.15) is 0 Å². The Hall–Kier alpha value is -4.09. The molecule has 0 spiro atoms. The zero-order valence-electron chi connectivity index (χ0n) is 20.1. The van der Waals surface area contributed by atoms with Gasteiger partial charge in [0, 0.05) is 28.6 Å². The molecule has 1 aliphatic rings. The molecule has 0 radical (unpaired) electrons. The lowest BCUT2D eigenvalue weighted by molar-refractivity contribution is -0.384. The van der Waals surface area contributed by atoms with Crippen molar-refractivity contribution in [2.75, 3.05) is 6.61 Å². The molecule has 4 heterocycles. The van der Waals surface area contributed by atoms with E-state index in [1.165, 1.54) is 39.4 Å². The Morgan fingerprint density at radius 3 is 2.76 bits per heavy atom. The van der Waals surface area contributed by atoms with Crippen LogP contribution in [-0.2, 0) is 9.53 Å². The summed E-state index contributed by atoms with van der Waals surface area (Å²) in [6.07, 6.45) is 1.64. The summed E-state index contributed by atoms with van der Waals surface area (Å²) < 4.78 is 13.2. The molecular formula is C26H21N3O6S2. The van der Waals surface area contributed by atoms with E-state index >= 15 is 0 Å². The average molecular weight is 536 g/mol. The summed E-state index contributed by atoms with van der Waals surface area (Å²) in [6, 6.07) is 11.2. The number of non-ortho nitro benzene ring substituents is 1. The van der Waals surface area contributed by atoms with Crippen molar-refractivity contribution >= 4 is 40.4 Å². The standard InChI is InChI=1S/C26H21N3O6S2/c1-4-34-25(31)22-15(3)27-26-28(23(22)20-6-5-11-36-20)24(30)21(37-26)13-17-8-10-19(35-17)18-9-7-16(29(32)33)12-14(18)2/h5-13,23H,4H2,1-3H3/b21-13+. The first-order chi connectivity index (χ1) is 17.8. The molecule has 0 saturated carbocycles. The van der Waals surface area contributed by atoms with Gasteiger partial charge in [-0.1, -0.05) is 17.4 Å². The van der Waals surface area contributed by atoms with Crippen molar-refractivity contribution in [3.8, 4) is 11.3 Å². The third-order valence-electron chi connectivity index (χ3n) is 5.92. The maximum atomic E-state index is 13.6. The van der Waals surface area contributed by atoms with Gasteiger partial charge in [0.1, 0.15) is 17.6 Å². The molecule has 0 N–H and O–H groups in total. The van der Waals surface area contributed by atoms with E-state index in [4.69, 9.17) is 9.15 Å². The molecule has 188 valence electrons. The summed E-state index contributed by atoms with van der Waals surface area (Å²) >= 11 is 2.67. The molecule has 0 bridgehead atoms. The minimum Gasteiger partial charge on any atom is -0.463 e. The van der Waals surface area contributed by atoms with Crippen LogP contribution in [0.4, 0.5) is 5.69 Å². The second kappa shape index (κ2) is 9.75. The molecule has 0 saturated heterocycles. The molecule has 1 aliphatic heterocycles. The number of hydrogen-bond donors (Lipinski definition) is 0. The van der Waals surface area contributed by atoms with Gasteiger partial charge in [-0.15, -0.1) is 11.3 Å². The quantitative estimate of drug-likeness (QED) is 0.206. The fraction of sp³-hybridized carbons (Fsp3) is 0.192. The number of aromatic nitrogens is 1. The van der Waals surface area contributed by atoms with Crippen LogP contribution in [0.5, 0.6) is 0 Å². The average Bonchev–Trinajstić information content (AvgIpc) is 3.60. The lowest BCUT2D eigenvalue weighted by Crippen LogP contribution is -2.39. The van der Waals surface area contributed by atoms with Gasteiger partial charge in [0.15, 0.2) is 4.80 Å². The zero-order valence-corrected chi connectivity index (χ0v) is 21.7. The van der Waals surface area contributed by atoms with Crippen molar-refractivity contribution in [2.45, 2.75) is 26.8 Å². The van der Waals surface area contributed by atoms with Gasteiger partial charge in [-0.3, -0.25) is 19.5 Å². The highest BCUT2D eigenvalue weighted by Crippen LogP contribution is 2.33. The maximum absolute atomic E-state index is 13.6. The van der Waals surface area contributed by atoms with Crippen LogP contribution in [0.15, 0.2) is 73.3 Å². The Morgan fingerprint density at radius 2 is 2.08 bits per heavy atom. The number of nitro benzene ring substituents is 1. The number of rotatable bonds is 6. The third-order valence-corrected chi connectivity index (χ3v) is 7.82. The fourth-order valence-electron chi connectivity index (χ4n) is 4.25. The first-order valence-corrected chi connectivity index (χ1v) is 13.1. The van der Waals surface area contributed by atoms with Crippen LogP contribution in [0.3, 0.4) is 0 Å². The largest absolute Gasteiger partial charge is 0.463 e. The topological polar surface area (TPSA) is 117 Å². The smallest absolute Gasteiger partial charge is 0.338 e. The van der Waals surface area contributed by atoms with E-state index in [0.717, 1.165) is 10.4 Å². The molecule has 5 rings (SSSR count). The summed E-state index contributed by atoms with van der Waals surface area (Å²) in [5, 5.41) is 12.9. The number of thiophene rings is 1. The molecule has 3 aromatic heterocycles. The number of nitrogens with zero attached hydrogens (tertiary/aromatic N) is 3. The molecule has 1 aromatic carbocycles. The highest BCUT2D eigenvalue weighted by molar-refractivity contribution is 7.10. The van der Waals surface area contributed by atoms with E-state index in [1.807, 2.05) is 17.5 Å². The summed E-state index contributed by atoms with van der Waals surface area (Å²) in [6.45, 7) is 5.47. The van der Waals surface area contributed by atoms with Gasteiger partial charge < -0.3 is 9.15 Å². The van der Waals surface area contributed by atoms with Crippen LogP contribution in [0.1, 0.15) is 36.1 Å². The van der Waals surface area contributed by atoms with E-state index in [1.54, 1.807) is 45.0 Å². The van der Waals surface area contributed by atoms with Crippen LogP contribution in [-0.4, -0.2) is 22.1 Å². The van der Waals surface area contributed by atoms with Crippen molar-refractivity contribution in [3.63, 3.8) is 0 Å². The van der Waals surface area contributed by atoms with Crippen LogP contribution in [0.2, 0.25) is 0 Å². The number of thiazole rings is 1. The molecule has 0 aliphatic carbocycles. The number of furan rings is 1. The van der Waals surface area contributed by atoms with E-state index in [9.17, 15) is 19.7 Å². The zero-order chi connectivity index (χ0) is 26.3. The molecule has 1 unspecified atom stereocenters. The number of allylic oxidation sites excluding steroid dienone is 1. The lowest BCUT2D eigenvalue weighted by Gasteiger charge is -2.23. The number of ether oxygens (including phenoxy) is 1. The Morgan fingerprint density at radius 1 is 1.27 bits per heavy atom. The van der Waals surface area contributed by atoms with Gasteiger partial charge in [0.25, 0.3) is 11.2 Å². The Labute approximate surface area is 218 Å². The Bertz CT molecular complexity index is 1740. The summed E-state index contributed by atoms with van der Waals surface area (Å²) in [5.41, 5.74) is 2.00. The highest BCUT2D eigenvalue weighted by atomic mass is 32.1. The minimum absolute atomic E-state index is 0.00640. The number of nitro groups is 1. The van der Waals surface area contributed by atoms with Crippen molar-refractivity contribution in [1.29, 1.82) is 0 Å². The Kier molecular flexibility index (Phi) is 6.48. The number of fused-ring (bicyclic) bond motifs is 1. The predicted molar refractivity (Wildman–Crippen MR) is 140 cm³/mol. The summed E-state index contributed by atoms with van der Waals surface area (Å²) in [7, 11) is 0. The van der Waals surface area contributed by atoms with Gasteiger partial charge in [-0.05, 0) is 56.0 Å². The molecule has 37 heavy (non-hydrogen) atoms. The summed E-state index contributed by atoms with van der Waals surface area (Å²) in [4.78, 5) is 42.9. The molecular weight excluding hydrogens is 514 g/mol. The van der Waals surface area contributed by atoms with Crippen molar-refractivity contribution < 1.29 is 18.9 Å². The lowest BCUT2D eigenvalue weighted by atomic mass is 10.0. The molecule has 0 fully saturated rings. The first kappa shape index (κ1) is 24.6. The van der Waals surface area contributed by atoms with Gasteiger partial charge >= 0.3 is 5.97 Å². The van der Waals surface area contributed by atoms with Crippen LogP contribution < -0.4 is 14.9 Å². The maximum Gasteiger partial charge on any atom is 0.338 e. The van der Waals surface area contributed by atoms with E-state index < -0.39 is 16.9 Å². The molecule has 1 atom stereocenters. The first-order valence-electron chi connectivity index (χ1n) is 11.4. The van der Waals surface area contributed by atoms with Gasteiger partial charge in [0.05, 0.1) is 27.3 Å². The number of aryl methyl sites for hydroxylation is 1. The van der Waals surface area contributed by atoms with Crippen molar-refractivity contribution in [2.24, 2.45) is 4.99 Å². The predicted octanol–water partition coefficient (Wildman–Crippen LogP) is 4.34. The SMILES string of the molecule is CCOC(=O)C1=C(C)N=c2s/c(=C/c3ccc(-c4ccc([N+](=O)[O-])cc4C)o3)c(=O)n2C1c1cccs1. The third kappa shape index (κ3) is 4.47. The molecule has 4 aromatic rings. The number of carbonyl (C=O) groups excluding carboxylic acids is 1. The number of benzene rings is 1. The molecule has 0 amide bonds. The van der Waals surface area contributed by atoms with Crippen LogP contribution >= 0.6 is 22.7 Å². The van der Waals surface area contributed by atoms with Crippen LogP contribution in [0.25, 0.3) is 17.4 Å². The fourth-order valence-corrected chi connectivity index (χ4v) is 6.10. The van der Waals surface area contributed by atoms with Crippen LogP contribution in [0, 0.1) is 17.0 Å². The van der Waals surface area contributed by atoms with Crippen molar-refractivity contribution in [1.82, 2.24) is 4.57 Å². The number of esters is 1. The number of hydrogen-bond acceptors (Lipinski definition) is 9. The number of carbonyl (C=O) groups is 1. The van der Waals surface area contributed by atoms with E-state index in [2.05, 4.69) is 4.99 Å². The van der Waals surface area contributed by atoms with Crippen molar-refractivity contribution in [3.05, 3.63) is 105 Å². The highest BCUT2D eigenvalue weighted by Gasteiger charge is 2.33. The normalized spacial score (nSPS) is 15.4. The van der Waals surface area contributed by atoms with E-state index in [-0.39, 0.29) is 17.9 Å². The minimum atomic E-state index is -0.632. The second-order valence-electron chi connectivity index (χ2n) is 8.28. The molecule has 9 nitrogen and oxygen atoms in total.